The Morgan fingerprint density at radius 3 is 2.50 bits per heavy atom. The van der Waals surface area contributed by atoms with Crippen LogP contribution in [0.3, 0.4) is 0 Å². The SMILES string of the molecule is Cc1c2c(c3ccccc3c1O)OC(C)(C)C=C2. The standard InChI is InChI=1S/C16H16O2/c1-10-11-8-9-16(2,3)18-15(11)13-7-5-4-6-12(13)14(10)17/h4-9,17H,1-3H3. The topological polar surface area (TPSA) is 29.5 Å². The molecular formula is C16H16O2. The van der Waals surface area contributed by atoms with E-state index >= 15 is 0 Å². The minimum absolute atomic E-state index is 0.306. The monoisotopic (exact) mass is 240 g/mol. The molecule has 0 amide bonds. The molecule has 1 N–H and O–H groups in total. The number of phenolic OH excluding ortho intramolecular Hbond substituents is 1. The molecule has 0 saturated carbocycles. The Bertz CT molecular complexity index is 666. The van der Waals surface area contributed by atoms with Gasteiger partial charge in [-0.3, -0.25) is 0 Å². The molecule has 0 unspecified atom stereocenters. The van der Waals surface area contributed by atoms with Crippen molar-refractivity contribution < 1.29 is 9.84 Å². The van der Waals surface area contributed by atoms with E-state index in [0.717, 1.165) is 27.6 Å². The number of aromatic hydroxyl groups is 1. The lowest BCUT2D eigenvalue weighted by atomic mass is 9.94. The molecule has 2 nitrogen and oxygen atoms in total. The molecule has 0 radical (unpaired) electrons. The van der Waals surface area contributed by atoms with Crippen LogP contribution in [0.15, 0.2) is 30.3 Å². The summed E-state index contributed by atoms with van der Waals surface area (Å²) in [5.41, 5.74) is 1.54. The molecule has 0 spiro atoms. The van der Waals surface area contributed by atoms with Crippen LogP contribution in [-0.2, 0) is 0 Å². The summed E-state index contributed by atoms with van der Waals surface area (Å²) < 4.78 is 6.07. The molecule has 2 aromatic carbocycles. The number of ether oxygens (including phenoxy) is 1. The molecule has 0 saturated heterocycles. The lowest BCUT2D eigenvalue weighted by molar-refractivity contribution is 0.161. The molecule has 1 aliphatic heterocycles. The largest absolute Gasteiger partial charge is 0.507 e. The maximum absolute atomic E-state index is 10.3. The van der Waals surface area contributed by atoms with E-state index in [9.17, 15) is 5.11 Å². The first-order valence-corrected chi connectivity index (χ1v) is 6.12. The van der Waals surface area contributed by atoms with Crippen LogP contribution in [0.1, 0.15) is 25.0 Å². The average molecular weight is 240 g/mol. The molecular weight excluding hydrogens is 224 g/mol. The van der Waals surface area contributed by atoms with E-state index < -0.39 is 0 Å². The summed E-state index contributed by atoms with van der Waals surface area (Å²) in [4.78, 5) is 0. The second-order valence-electron chi connectivity index (χ2n) is 5.30. The Morgan fingerprint density at radius 1 is 1.11 bits per heavy atom. The quantitative estimate of drug-likeness (QED) is 0.753. The Hall–Kier alpha value is -1.96. The minimum atomic E-state index is -0.306. The smallest absolute Gasteiger partial charge is 0.136 e. The Labute approximate surface area is 107 Å². The predicted octanol–water partition coefficient (Wildman–Crippen LogP) is 4.04. The molecule has 0 fully saturated rings. The summed E-state index contributed by atoms with van der Waals surface area (Å²) in [5, 5.41) is 12.1. The van der Waals surface area contributed by atoms with Gasteiger partial charge in [0.25, 0.3) is 0 Å². The Kier molecular flexibility index (Phi) is 2.18. The molecule has 2 aromatic rings. The maximum atomic E-state index is 10.3. The third-order valence-corrected chi connectivity index (χ3v) is 3.45. The van der Waals surface area contributed by atoms with E-state index in [-0.39, 0.29) is 5.60 Å². The second kappa shape index (κ2) is 3.52. The summed E-state index contributed by atoms with van der Waals surface area (Å²) in [6, 6.07) is 7.80. The molecule has 2 heteroatoms. The number of benzene rings is 2. The van der Waals surface area contributed by atoms with E-state index in [0.29, 0.717) is 5.75 Å². The summed E-state index contributed by atoms with van der Waals surface area (Å²) >= 11 is 0. The zero-order chi connectivity index (χ0) is 12.9. The zero-order valence-corrected chi connectivity index (χ0v) is 10.8. The summed E-state index contributed by atoms with van der Waals surface area (Å²) in [6.07, 6.45) is 4.07. The Balaban J connectivity index is 2.43. The number of phenols is 1. The van der Waals surface area contributed by atoms with Gasteiger partial charge >= 0.3 is 0 Å². The van der Waals surface area contributed by atoms with Crippen molar-refractivity contribution in [2.75, 3.05) is 0 Å². The first kappa shape index (κ1) is 11.1. The van der Waals surface area contributed by atoms with Gasteiger partial charge in [-0.15, -0.1) is 0 Å². The van der Waals surface area contributed by atoms with Gasteiger partial charge in [0.2, 0.25) is 0 Å². The van der Waals surface area contributed by atoms with Crippen molar-refractivity contribution in [2.45, 2.75) is 26.4 Å². The number of fused-ring (bicyclic) bond motifs is 3. The molecule has 92 valence electrons. The molecule has 1 heterocycles. The van der Waals surface area contributed by atoms with E-state index in [4.69, 9.17) is 4.74 Å². The van der Waals surface area contributed by atoms with Gasteiger partial charge in [-0.2, -0.15) is 0 Å². The maximum Gasteiger partial charge on any atom is 0.136 e. The van der Waals surface area contributed by atoms with Gasteiger partial charge in [-0.05, 0) is 26.8 Å². The number of rotatable bonds is 0. The van der Waals surface area contributed by atoms with E-state index in [1.807, 2.05) is 57.2 Å². The highest BCUT2D eigenvalue weighted by Crippen LogP contribution is 2.43. The molecule has 18 heavy (non-hydrogen) atoms. The van der Waals surface area contributed by atoms with Crippen LogP contribution in [0, 0.1) is 6.92 Å². The van der Waals surface area contributed by atoms with Crippen molar-refractivity contribution in [1.82, 2.24) is 0 Å². The van der Waals surface area contributed by atoms with Crippen molar-refractivity contribution in [3.05, 3.63) is 41.5 Å². The van der Waals surface area contributed by atoms with Crippen molar-refractivity contribution in [3.63, 3.8) is 0 Å². The van der Waals surface area contributed by atoms with Gasteiger partial charge in [0.1, 0.15) is 17.1 Å². The van der Waals surface area contributed by atoms with Crippen LogP contribution in [-0.4, -0.2) is 10.7 Å². The van der Waals surface area contributed by atoms with Crippen molar-refractivity contribution in [3.8, 4) is 11.5 Å². The summed E-state index contributed by atoms with van der Waals surface area (Å²) in [7, 11) is 0. The fourth-order valence-corrected chi connectivity index (χ4v) is 2.42. The first-order chi connectivity index (χ1) is 8.49. The van der Waals surface area contributed by atoms with Crippen molar-refractivity contribution >= 4 is 16.8 Å². The van der Waals surface area contributed by atoms with Crippen molar-refractivity contribution in [1.29, 1.82) is 0 Å². The van der Waals surface area contributed by atoms with Gasteiger partial charge < -0.3 is 9.84 Å². The average Bonchev–Trinajstić information content (AvgIpc) is 2.35. The van der Waals surface area contributed by atoms with E-state index in [2.05, 4.69) is 0 Å². The fraction of sp³-hybridized carbons (Fsp3) is 0.250. The molecule has 0 atom stereocenters. The van der Waals surface area contributed by atoms with Crippen LogP contribution in [0.5, 0.6) is 11.5 Å². The van der Waals surface area contributed by atoms with Gasteiger partial charge in [0, 0.05) is 21.9 Å². The van der Waals surface area contributed by atoms with Crippen LogP contribution >= 0.6 is 0 Å². The minimum Gasteiger partial charge on any atom is -0.507 e. The lowest BCUT2D eigenvalue weighted by Gasteiger charge is -2.30. The number of hydrogen-bond acceptors (Lipinski definition) is 2. The normalized spacial score (nSPS) is 16.4. The van der Waals surface area contributed by atoms with Crippen LogP contribution in [0.25, 0.3) is 16.8 Å². The Morgan fingerprint density at radius 2 is 1.78 bits per heavy atom. The summed E-state index contributed by atoms with van der Waals surface area (Å²) in [5.74, 6) is 1.21. The molecule has 0 aromatic heterocycles. The van der Waals surface area contributed by atoms with Crippen LogP contribution in [0.2, 0.25) is 0 Å². The van der Waals surface area contributed by atoms with Gasteiger partial charge in [0.15, 0.2) is 0 Å². The molecule has 0 aliphatic carbocycles. The van der Waals surface area contributed by atoms with E-state index in [1.165, 1.54) is 0 Å². The second-order valence-corrected chi connectivity index (χ2v) is 5.30. The summed E-state index contributed by atoms with van der Waals surface area (Å²) in [6.45, 7) is 5.99. The molecule has 3 rings (SSSR count). The van der Waals surface area contributed by atoms with Gasteiger partial charge in [0.05, 0.1) is 0 Å². The third kappa shape index (κ3) is 1.49. The van der Waals surface area contributed by atoms with Crippen LogP contribution in [0.4, 0.5) is 0 Å². The predicted molar refractivity (Wildman–Crippen MR) is 74.1 cm³/mol. The highest BCUT2D eigenvalue weighted by Gasteiger charge is 2.26. The van der Waals surface area contributed by atoms with Crippen molar-refractivity contribution in [2.24, 2.45) is 0 Å². The zero-order valence-electron chi connectivity index (χ0n) is 10.8. The third-order valence-electron chi connectivity index (χ3n) is 3.45. The highest BCUT2D eigenvalue weighted by atomic mass is 16.5. The lowest BCUT2D eigenvalue weighted by Crippen LogP contribution is -2.27. The first-order valence-electron chi connectivity index (χ1n) is 6.12. The fourth-order valence-electron chi connectivity index (χ4n) is 2.42. The van der Waals surface area contributed by atoms with E-state index in [1.54, 1.807) is 0 Å². The highest BCUT2D eigenvalue weighted by molar-refractivity contribution is 5.98. The number of hydrogen-bond donors (Lipinski definition) is 1. The van der Waals surface area contributed by atoms with Crippen LogP contribution < -0.4 is 4.74 Å². The van der Waals surface area contributed by atoms with Gasteiger partial charge in [-0.25, -0.2) is 0 Å². The molecule has 1 aliphatic rings. The van der Waals surface area contributed by atoms with Gasteiger partial charge in [-0.1, -0.05) is 30.3 Å². The molecule has 0 bridgehead atoms.